The van der Waals surface area contributed by atoms with Gasteiger partial charge in [-0.15, -0.1) is 0 Å². The Kier molecular flexibility index (Phi) is 4.67. The highest BCUT2D eigenvalue weighted by Crippen LogP contribution is 2.27. The fraction of sp³-hybridized carbons (Fsp3) is 0.167. The molecule has 0 fully saturated rings. The van der Waals surface area contributed by atoms with Gasteiger partial charge in [0.05, 0.1) is 5.69 Å². The molecule has 1 aromatic heterocycles. The van der Waals surface area contributed by atoms with Crippen molar-refractivity contribution in [2.75, 3.05) is 24.3 Å². The SMILES string of the molecule is CN(C)c1ccc(Nc2cccc(-c3n[nH]cc3CBr)c2)cc1. The Morgan fingerprint density at radius 2 is 1.87 bits per heavy atom. The van der Waals surface area contributed by atoms with Gasteiger partial charge in [0, 0.05) is 53.8 Å². The molecule has 4 nitrogen and oxygen atoms in total. The number of aromatic amines is 1. The van der Waals surface area contributed by atoms with E-state index in [1.807, 2.05) is 26.4 Å². The fourth-order valence-electron chi connectivity index (χ4n) is 2.42. The monoisotopic (exact) mass is 370 g/mol. The number of aromatic nitrogens is 2. The largest absolute Gasteiger partial charge is 0.378 e. The number of halogens is 1. The molecule has 0 aliphatic heterocycles. The summed E-state index contributed by atoms with van der Waals surface area (Å²) in [6, 6.07) is 16.7. The molecule has 2 aromatic carbocycles. The zero-order valence-electron chi connectivity index (χ0n) is 13.2. The summed E-state index contributed by atoms with van der Waals surface area (Å²) in [6.07, 6.45) is 1.92. The van der Waals surface area contributed by atoms with E-state index in [-0.39, 0.29) is 0 Å². The first-order valence-corrected chi connectivity index (χ1v) is 8.53. The van der Waals surface area contributed by atoms with Crippen LogP contribution in [0.2, 0.25) is 0 Å². The molecule has 23 heavy (non-hydrogen) atoms. The Labute approximate surface area is 144 Å². The molecule has 0 saturated carbocycles. The van der Waals surface area contributed by atoms with E-state index in [1.165, 1.54) is 5.69 Å². The summed E-state index contributed by atoms with van der Waals surface area (Å²) in [5.41, 5.74) is 6.52. The van der Waals surface area contributed by atoms with Crippen molar-refractivity contribution in [3.05, 3.63) is 60.3 Å². The van der Waals surface area contributed by atoms with E-state index in [9.17, 15) is 0 Å². The summed E-state index contributed by atoms with van der Waals surface area (Å²) in [6.45, 7) is 0. The van der Waals surface area contributed by atoms with Crippen molar-refractivity contribution in [3.8, 4) is 11.3 Å². The fourth-order valence-corrected chi connectivity index (χ4v) is 2.85. The molecule has 0 unspecified atom stereocenters. The van der Waals surface area contributed by atoms with Gasteiger partial charge in [0.15, 0.2) is 0 Å². The lowest BCUT2D eigenvalue weighted by Crippen LogP contribution is -2.08. The van der Waals surface area contributed by atoms with Crippen LogP contribution in [0.3, 0.4) is 0 Å². The van der Waals surface area contributed by atoms with E-state index in [4.69, 9.17) is 0 Å². The number of nitrogens with one attached hydrogen (secondary N) is 2. The van der Waals surface area contributed by atoms with Gasteiger partial charge in [0.2, 0.25) is 0 Å². The third-order valence-electron chi connectivity index (χ3n) is 3.67. The maximum Gasteiger partial charge on any atom is 0.0961 e. The maximum atomic E-state index is 4.35. The normalized spacial score (nSPS) is 10.6. The number of hydrogen-bond donors (Lipinski definition) is 2. The first-order chi connectivity index (χ1) is 11.2. The molecule has 0 saturated heterocycles. The van der Waals surface area contributed by atoms with Crippen molar-refractivity contribution in [2.24, 2.45) is 0 Å². The minimum Gasteiger partial charge on any atom is -0.378 e. The highest BCUT2D eigenvalue weighted by atomic mass is 79.9. The smallest absolute Gasteiger partial charge is 0.0961 e. The van der Waals surface area contributed by atoms with Gasteiger partial charge in [-0.05, 0) is 36.4 Å². The van der Waals surface area contributed by atoms with Crippen LogP contribution in [0.4, 0.5) is 17.1 Å². The Hall–Kier alpha value is -2.27. The Morgan fingerprint density at radius 1 is 1.09 bits per heavy atom. The number of alkyl halides is 1. The van der Waals surface area contributed by atoms with Crippen molar-refractivity contribution >= 4 is 33.0 Å². The topological polar surface area (TPSA) is 44.0 Å². The minimum atomic E-state index is 0.780. The van der Waals surface area contributed by atoms with Crippen molar-refractivity contribution in [1.82, 2.24) is 10.2 Å². The van der Waals surface area contributed by atoms with Gasteiger partial charge in [0.1, 0.15) is 0 Å². The van der Waals surface area contributed by atoms with E-state index < -0.39 is 0 Å². The third-order valence-corrected chi connectivity index (χ3v) is 4.28. The van der Waals surface area contributed by atoms with Crippen LogP contribution in [-0.4, -0.2) is 24.3 Å². The molecule has 2 N–H and O–H groups in total. The molecular formula is C18H19BrN4. The summed E-state index contributed by atoms with van der Waals surface area (Å²) in [5.74, 6) is 0. The predicted octanol–water partition coefficient (Wildman–Crippen LogP) is 4.78. The lowest BCUT2D eigenvalue weighted by Gasteiger charge is -2.13. The van der Waals surface area contributed by atoms with Gasteiger partial charge in [-0.3, -0.25) is 5.10 Å². The Morgan fingerprint density at radius 3 is 2.57 bits per heavy atom. The van der Waals surface area contributed by atoms with Gasteiger partial charge < -0.3 is 10.2 Å². The average molecular weight is 371 g/mol. The summed E-state index contributed by atoms with van der Waals surface area (Å²) in [7, 11) is 4.08. The summed E-state index contributed by atoms with van der Waals surface area (Å²) < 4.78 is 0. The number of nitrogens with zero attached hydrogens (tertiary/aromatic N) is 2. The molecule has 0 aliphatic carbocycles. The molecule has 118 valence electrons. The molecule has 0 amide bonds. The first-order valence-electron chi connectivity index (χ1n) is 7.41. The van der Waals surface area contributed by atoms with Crippen molar-refractivity contribution in [2.45, 2.75) is 5.33 Å². The molecule has 3 rings (SSSR count). The maximum absolute atomic E-state index is 4.35. The quantitative estimate of drug-likeness (QED) is 0.635. The summed E-state index contributed by atoms with van der Waals surface area (Å²) >= 11 is 3.50. The lowest BCUT2D eigenvalue weighted by molar-refractivity contribution is 1.10. The summed E-state index contributed by atoms with van der Waals surface area (Å²) in [4.78, 5) is 2.09. The molecule has 0 spiro atoms. The van der Waals surface area contributed by atoms with E-state index in [0.717, 1.165) is 33.5 Å². The van der Waals surface area contributed by atoms with Crippen LogP contribution >= 0.6 is 15.9 Å². The lowest BCUT2D eigenvalue weighted by atomic mass is 10.1. The van der Waals surface area contributed by atoms with E-state index in [0.29, 0.717) is 0 Å². The van der Waals surface area contributed by atoms with Crippen LogP contribution in [0.15, 0.2) is 54.7 Å². The van der Waals surface area contributed by atoms with Crippen molar-refractivity contribution < 1.29 is 0 Å². The van der Waals surface area contributed by atoms with Gasteiger partial charge in [-0.25, -0.2) is 0 Å². The first kappa shape index (κ1) is 15.6. The van der Waals surface area contributed by atoms with Crippen LogP contribution in [0.1, 0.15) is 5.56 Å². The van der Waals surface area contributed by atoms with Gasteiger partial charge in [-0.2, -0.15) is 5.10 Å². The molecule has 1 heterocycles. The van der Waals surface area contributed by atoms with Crippen LogP contribution in [-0.2, 0) is 5.33 Å². The van der Waals surface area contributed by atoms with Crippen LogP contribution in [0, 0.1) is 0 Å². The second kappa shape index (κ2) is 6.87. The molecular weight excluding hydrogens is 352 g/mol. The highest BCUT2D eigenvalue weighted by molar-refractivity contribution is 9.08. The van der Waals surface area contributed by atoms with Crippen LogP contribution in [0.5, 0.6) is 0 Å². The zero-order valence-corrected chi connectivity index (χ0v) is 14.8. The van der Waals surface area contributed by atoms with Crippen LogP contribution < -0.4 is 10.2 Å². The van der Waals surface area contributed by atoms with Crippen LogP contribution in [0.25, 0.3) is 11.3 Å². The zero-order chi connectivity index (χ0) is 16.2. The standard InChI is InChI=1S/C18H19BrN4/c1-23(2)17-8-6-15(7-9-17)21-16-5-3-4-13(10-16)18-14(11-19)12-20-22-18/h3-10,12,21H,11H2,1-2H3,(H,20,22). The number of rotatable bonds is 5. The predicted molar refractivity (Wildman–Crippen MR) is 101 cm³/mol. The number of hydrogen-bond acceptors (Lipinski definition) is 3. The summed E-state index contributed by atoms with van der Waals surface area (Å²) in [5, 5.41) is 11.5. The second-order valence-electron chi connectivity index (χ2n) is 5.54. The van der Waals surface area contributed by atoms with E-state index >= 15 is 0 Å². The third kappa shape index (κ3) is 3.56. The molecule has 0 bridgehead atoms. The highest BCUT2D eigenvalue weighted by Gasteiger charge is 2.08. The van der Waals surface area contributed by atoms with Gasteiger partial charge >= 0.3 is 0 Å². The molecule has 5 heteroatoms. The Bertz CT molecular complexity index is 778. The van der Waals surface area contributed by atoms with E-state index in [1.54, 1.807) is 0 Å². The van der Waals surface area contributed by atoms with E-state index in [2.05, 4.69) is 78.8 Å². The average Bonchev–Trinajstić information content (AvgIpc) is 3.04. The number of anilines is 3. The minimum absolute atomic E-state index is 0.780. The van der Waals surface area contributed by atoms with Crippen molar-refractivity contribution in [1.29, 1.82) is 0 Å². The molecule has 0 aliphatic rings. The molecule has 3 aromatic rings. The van der Waals surface area contributed by atoms with Gasteiger partial charge in [0.25, 0.3) is 0 Å². The molecule has 0 atom stereocenters. The number of H-pyrrole nitrogens is 1. The Balaban J connectivity index is 1.83. The second-order valence-corrected chi connectivity index (χ2v) is 6.10. The van der Waals surface area contributed by atoms with Crippen molar-refractivity contribution in [3.63, 3.8) is 0 Å². The van der Waals surface area contributed by atoms with Gasteiger partial charge in [-0.1, -0.05) is 28.1 Å². The molecule has 0 radical (unpaired) electrons. The number of benzene rings is 2.